The molecule has 0 atom stereocenters. The Morgan fingerprint density at radius 1 is 1.10 bits per heavy atom. The summed E-state index contributed by atoms with van der Waals surface area (Å²) in [5, 5.41) is 3.63. The molecule has 1 heterocycles. The van der Waals surface area contributed by atoms with E-state index in [-0.39, 0.29) is 6.03 Å². The summed E-state index contributed by atoms with van der Waals surface area (Å²) in [6.45, 7) is 5.12. The molecule has 154 valence electrons. The Kier molecular flexibility index (Phi) is 8.38. The van der Waals surface area contributed by atoms with Gasteiger partial charge in [-0.15, -0.1) is 0 Å². The third-order valence-corrected chi connectivity index (χ3v) is 5.52. The van der Waals surface area contributed by atoms with Gasteiger partial charge in [0.15, 0.2) is 0 Å². The van der Waals surface area contributed by atoms with Gasteiger partial charge in [0.25, 0.3) is 0 Å². The van der Waals surface area contributed by atoms with Gasteiger partial charge in [-0.25, -0.2) is 4.79 Å². The molecule has 0 aromatic heterocycles. The smallest absolute Gasteiger partial charge is 0.322 e. The van der Waals surface area contributed by atoms with Crippen LogP contribution in [0.15, 0.2) is 54.6 Å². The number of benzene rings is 2. The lowest BCUT2D eigenvalue weighted by molar-refractivity contribution is 0.0355. The molecule has 2 aromatic carbocycles. The molecule has 2 aromatic rings. The number of nitrogens with one attached hydrogen (secondary N) is 1. The largest absolute Gasteiger partial charge is 0.379 e. The topological polar surface area (TPSA) is 44.8 Å². The number of hydrogen-bond acceptors (Lipinski definition) is 3. The van der Waals surface area contributed by atoms with E-state index < -0.39 is 0 Å². The number of ether oxygens (including phenoxy) is 1. The monoisotopic (exact) mass is 433 g/mol. The molecule has 1 fully saturated rings. The summed E-state index contributed by atoms with van der Waals surface area (Å²) in [6, 6.07) is 15.0. The number of carbonyl (C=O) groups excluding carboxylic acids is 1. The average molecular weight is 434 g/mol. The van der Waals surface area contributed by atoms with Crippen LogP contribution in [-0.4, -0.2) is 61.8 Å². The summed E-state index contributed by atoms with van der Waals surface area (Å²) < 4.78 is 5.40. The number of rotatable bonds is 7. The number of morpholine rings is 1. The molecular formula is C22H25Cl2N3O2. The van der Waals surface area contributed by atoms with E-state index in [1.807, 2.05) is 42.5 Å². The number of nitrogens with zero attached hydrogens (tertiary/aromatic N) is 2. The van der Waals surface area contributed by atoms with Gasteiger partial charge in [0.2, 0.25) is 0 Å². The molecular weight excluding hydrogens is 409 g/mol. The first-order valence-corrected chi connectivity index (χ1v) is 10.4. The van der Waals surface area contributed by atoms with E-state index >= 15 is 0 Å². The first-order valence-electron chi connectivity index (χ1n) is 9.65. The predicted molar refractivity (Wildman–Crippen MR) is 120 cm³/mol. The standard InChI is InChI=1S/C22H25Cl2N3O2/c23-19-9-4-10-20(21(19)24)25-22(28)27(13-12-26-14-16-29-17-15-26)11-5-8-18-6-2-1-3-7-18/h1-10H,11-17H2,(H,25,28)/b8-5+. The van der Waals surface area contributed by atoms with Crippen molar-refractivity contribution in [2.24, 2.45) is 0 Å². The van der Waals surface area contributed by atoms with Crippen LogP contribution in [0, 0.1) is 0 Å². The zero-order chi connectivity index (χ0) is 20.5. The van der Waals surface area contributed by atoms with E-state index in [4.69, 9.17) is 27.9 Å². The zero-order valence-electron chi connectivity index (χ0n) is 16.2. The fourth-order valence-corrected chi connectivity index (χ4v) is 3.39. The minimum atomic E-state index is -0.208. The van der Waals surface area contributed by atoms with Gasteiger partial charge in [0.1, 0.15) is 0 Å². The number of hydrogen-bond donors (Lipinski definition) is 1. The maximum atomic E-state index is 12.9. The van der Waals surface area contributed by atoms with Crippen molar-refractivity contribution >= 4 is 41.0 Å². The van der Waals surface area contributed by atoms with Crippen LogP contribution in [0.3, 0.4) is 0 Å². The molecule has 0 radical (unpaired) electrons. The van der Waals surface area contributed by atoms with E-state index in [1.165, 1.54) is 0 Å². The summed E-state index contributed by atoms with van der Waals surface area (Å²) >= 11 is 12.3. The van der Waals surface area contributed by atoms with Crippen molar-refractivity contribution in [2.45, 2.75) is 0 Å². The van der Waals surface area contributed by atoms with Crippen LogP contribution in [0.25, 0.3) is 6.08 Å². The van der Waals surface area contributed by atoms with Gasteiger partial charge in [-0.1, -0.05) is 71.8 Å². The fraction of sp³-hybridized carbons (Fsp3) is 0.318. The molecule has 0 unspecified atom stereocenters. The second-order valence-electron chi connectivity index (χ2n) is 6.74. The van der Waals surface area contributed by atoms with Gasteiger partial charge in [-0.2, -0.15) is 0 Å². The Balaban J connectivity index is 1.65. The minimum Gasteiger partial charge on any atom is -0.379 e. The number of carbonyl (C=O) groups is 1. The summed E-state index contributed by atoms with van der Waals surface area (Å²) in [5.74, 6) is 0. The highest BCUT2D eigenvalue weighted by Gasteiger charge is 2.17. The molecule has 0 aliphatic carbocycles. The lowest BCUT2D eigenvalue weighted by atomic mass is 10.2. The fourth-order valence-electron chi connectivity index (χ4n) is 3.04. The Morgan fingerprint density at radius 2 is 1.86 bits per heavy atom. The van der Waals surface area contributed by atoms with Gasteiger partial charge in [0, 0.05) is 32.7 Å². The van der Waals surface area contributed by atoms with Crippen LogP contribution >= 0.6 is 23.2 Å². The molecule has 1 N–H and O–H groups in total. The zero-order valence-corrected chi connectivity index (χ0v) is 17.7. The van der Waals surface area contributed by atoms with E-state index in [0.717, 1.165) is 38.4 Å². The minimum absolute atomic E-state index is 0.208. The van der Waals surface area contributed by atoms with Crippen molar-refractivity contribution in [3.05, 3.63) is 70.2 Å². The van der Waals surface area contributed by atoms with Crippen LogP contribution < -0.4 is 5.32 Å². The lowest BCUT2D eigenvalue weighted by Crippen LogP contribution is -2.44. The molecule has 1 aliphatic rings. The van der Waals surface area contributed by atoms with Crippen LogP contribution in [0.2, 0.25) is 10.0 Å². The second kappa shape index (κ2) is 11.2. The van der Waals surface area contributed by atoms with E-state index in [0.29, 0.717) is 28.8 Å². The van der Waals surface area contributed by atoms with E-state index in [2.05, 4.69) is 10.2 Å². The summed E-state index contributed by atoms with van der Waals surface area (Å²) in [7, 11) is 0. The third-order valence-electron chi connectivity index (χ3n) is 4.71. The highest BCUT2D eigenvalue weighted by atomic mass is 35.5. The van der Waals surface area contributed by atoms with Crippen molar-refractivity contribution in [3.8, 4) is 0 Å². The molecule has 0 spiro atoms. The quantitative estimate of drug-likeness (QED) is 0.676. The maximum absolute atomic E-state index is 12.9. The van der Waals surface area contributed by atoms with Crippen LogP contribution in [0.4, 0.5) is 10.5 Å². The van der Waals surface area contributed by atoms with Crippen molar-refractivity contribution in [1.29, 1.82) is 0 Å². The van der Waals surface area contributed by atoms with Gasteiger partial charge >= 0.3 is 6.03 Å². The Labute approximate surface area is 181 Å². The van der Waals surface area contributed by atoms with Crippen LogP contribution in [0.1, 0.15) is 5.56 Å². The molecule has 5 nitrogen and oxygen atoms in total. The van der Waals surface area contributed by atoms with Crippen molar-refractivity contribution in [2.75, 3.05) is 51.3 Å². The van der Waals surface area contributed by atoms with Crippen LogP contribution in [0.5, 0.6) is 0 Å². The van der Waals surface area contributed by atoms with Gasteiger partial charge in [-0.3, -0.25) is 4.90 Å². The normalized spacial score (nSPS) is 14.8. The van der Waals surface area contributed by atoms with Crippen molar-refractivity contribution in [1.82, 2.24) is 9.80 Å². The number of amides is 2. The van der Waals surface area contributed by atoms with Crippen molar-refractivity contribution < 1.29 is 9.53 Å². The molecule has 29 heavy (non-hydrogen) atoms. The molecule has 1 aliphatic heterocycles. The SMILES string of the molecule is O=C(Nc1cccc(Cl)c1Cl)N(C/C=C/c1ccccc1)CCN1CCOCC1. The molecule has 7 heteroatoms. The molecule has 1 saturated heterocycles. The first-order chi connectivity index (χ1) is 14.1. The molecule has 3 rings (SSSR count). The second-order valence-corrected chi connectivity index (χ2v) is 7.53. The van der Waals surface area contributed by atoms with Gasteiger partial charge in [0.05, 0.1) is 28.9 Å². The van der Waals surface area contributed by atoms with Crippen molar-refractivity contribution in [3.63, 3.8) is 0 Å². The maximum Gasteiger partial charge on any atom is 0.322 e. The molecule has 2 amide bonds. The van der Waals surface area contributed by atoms with Gasteiger partial charge in [-0.05, 0) is 17.7 Å². The summed E-state index contributed by atoms with van der Waals surface area (Å²) in [4.78, 5) is 17.0. The molecule has 0 saturated carbocycles. The third kappa shape index (κ3) is 6.75. The van der Waals surface area contributed by atoms with E-state index in [9.17, 15) is 4.79 Å². The van der Waals surface area contributed by atoms with E-state index in [1.54, 1.807) is 23.1 Å². The highest BCUT2D eigenvalue weighted by molar-refractivity contribution is 6.43. The highest BCUT2D eigenvalue weighted by Crippen LogP contribution is 2.29. The summed E-state index contributed by atoms with van der Waals surface area (Å²) in [6.07, 6.45) is 4.01. The Hall–Kier alpha value is -2.05. The number of halogens is 2. The predicted octanol–water partition coefficient (Wildman–Crippen LogP) is 4.87. The Bertz CT molecular complexity index is 824. The first kappa shape index (κ1) is 21.7. The average Bonchev–Trinajstić information content (AvgIpc) is 2.75. The summed E-state index contributed by atoms with van der Waals surface area (Å²) in [5.41, 5.74) is 1.60. The Morgan fingerprint density at radius 3 is 2.62 bits per heavy atom. The van der Waals surface area contributed by atoms with Gasteiger partial charge < -0.3 is 15.0 Å². The number of anilines is 1. The lowest BCUT2D eigenvalue weighted by Gasteiger charge is -2.29. The van der Waals surface area contributed by atoms with Crippen LogP contribution in [-0.2, 0) is 4.74 Å². The number of urea groups is 1. The molecule has 0 bridgehead atoms.